The highest BCUT2D eigenvalue weighted by Gasteiger charge is 2.23. The molecular formula is C12H12Br2N2O2. The van der Waals surface area contributed by atoms with Gasteiger partial charge in [0.1, 0.15) is 0 Å². The SMILES string of the molecule is O=C(CNC(=O)c1cc(Br)cc(Br)c1)NC1CC1. The molecule has 18 heavy (non-hydrogen) atoms. The third-order valence-electron chi connectivity index (χ3n) is 2.48. The summed E-state index contributed by atoms with van der Waals surface area (Å²) in [5.41, 5.74) is 0.510. The van der Waals surface area contributed by atoms with Gasteiger partial charge >= 0.3 is 0 Å². The second-order valence-electron chi connectivity index (χ2n) is 4.18. The van der Waals surface area contributed by atoms with E-state index in [9.17, 15) is 9.59 Å². The molecule has 0 heterocycles. The van der Waals surface area contributed by atoms with Gasteiger partial charge in [0.05, 0.1) is 6.54 Å². The number of carbonyl (C=O) groups excluding carboxylic acids is 2. The molecular weight excluding hydrogens is 364 g/mol. The van der Waals surface area contributed by atoms with Gasteiger partial charge in [0.15, 0.2) is 0 Å². The van der Waals surface area contributed by atoms with Crippen LogP contribution in [0.1, 0.15) is 23.2 Å². The van der Waals surface area contributed by atoms with Crippen molar-refractivity contribution >= 4 is 43.7 Å². The molecule has 1 aromatic rings. The van der Waals surface area contributed by atoms with E-state index < -0.39 is 0 Å². The summed E-state index contributed by atoms with van der Waals surface area (Å²) in [5, 5.41) is 5.40. The van der Waals surface area contributed by atoms with E-state index in [-0.39, 0.29) is 18.4 Å². The zero-order chi connectivity index (χ0) is 13.1. The monoisotopic (exact) mass is 374 g/mol. The van der Waals surface area contributed by atoms with E-state index in [0.29, 0.717) is 11.6 Å². The van der Waals surface area contributed by atoms with Crippen LogP contribution in [-0.2, 0) is 4.79 Å². The molecule has 96 valence electrons. The van der Waals surface area contributed by atoms with E-state index in [4.69, 9.17) is 0 Å². The number of halogens is 2. The molecule has 6 heteroatoms. The Morgan fingerprint density at radius 3 is 2.33 bits per heavy atom. The molecule has 0 unspecified atom stereocenters. The summed E-state index contributed by atoms with van der Waals surface area (Å²) in [6.45, 7) is 0.0134. The van der Waals surface area contributed by atoms with Crippen LogP contribution in [0.4, 0.5) is 0 Å². The number of rotatable bonds is 4. The van der Waals surface area contributed by atoms with Gasteiger partial charge in [-0.3, -0.25) is 9.59 Å². The maximum Gasteiger partial charge on any atom is 0.251 e. The van der Waals surface area contributed by atoms with E-state index >= 15 is 0 Å². The van der Waals surface area contributed by atoms with Crippen LogP contribution in [0.3, 0.4) is 0 Å². The van der Waals surface area contributed by atoms with E-state index in [1.165, 1.54) is 0 Å². The van der Waals surface area contributed by atoms with Crippen molar-refractivity contribution in [3.8, 4) is 0 Å². The minimum Gasteiger partial charge on any atom is -0.352 e. The first-order valence-electron chi connectivity index (χ1n) is 5.58. The quantitative estimate of drug-likeness (QED) is 0.847. The zero-order valence-corrected chi connectivity index (χ0v) is 12.7. The highest BCUT2D eigenvalue weighted by molar-refractivity contribution is 9.11. The Bertz CT molecular complexity index is 467. The Labute approximate surface area is 122 Å². The normalized spacial score (nSPS) is 14.1. The number of hydrogen-bond donors (Lipinski definition) is 2. The van der Waals surface area contributed by atoms with Gasteiger partial charge in [-0.25, -0.2) is 0 Å². The van der Waals surface area contributed by atoms with Gasteiger partial charge in [-0.05, 0) is 31.0 Å². The van der Waals surface area contributed by atoms with Gasteiger partial charge < -0.3 is 10.6 Å². The highest BCUT2D eigenvalue weighted by Crippen LogP contribution is 2.20. The van der Waals surface area contributed by atoms with Crippen LogP contribution in [0.25, 0.3) is 0 Å². The average molecular weight is 376 g/mol. The lowest BCUT2D eigenvalue weighted by molar-refractivity contribution is -0.120. The van der Waals surface area contributed by atoms with Crippen molar-refractivity contribution in [3.63, 3.8) is 0 Å². The van der Waals surface area contributed by atoms with Crippen LogP contribution < -0.4 is 10.6 Å². The summed E-state index contributed by atoms with van der Waals surface area (Å²) in [5.74, 6) is -0.400. The molecule has 1 fully saturated rings. The van der Waals surface area contributed by atoms with Crippen LogP contribution in [-0.4, -0.2) is 24.4 Å². The topological polar surface area (TPSA) is 58.2 Å². The van der Waals surface area contributed by atoms with Gasteiger partial charge in [0, 0.05) is 20.6 Å². The van der Waals surface area contributed by atoms with Crippen molar-refractivity contribution in [1.82, 2.24) is 10.6 Å². The lowest BCUT2D eigenvalue weighted by Gasteiger charge is -2.06. The van der Waals surface area contributed by atoms with Crippen LogP contribution in [0.5, 0.6) is 0 Å². The van der Waals surface area contributed by atoms with Gasteiger partial charge in [0.25, 0.3) is 5.91 Å². The van der Waals surface area contributed by atoms with Crippen LogP contribution in [0.2, 0.25) is 0 Å². The molecule has 0 radical (unpaired) electrons. The predicted molar refractivity (Wildman–Crippen MR) is 75.3 cm³/mol. The molecule has 2 amide bonds. The summed E-state index contributed by atoms with van der Waals surface area (Å²) in [4.78, 5) is 23.2. The summed E-state index contributed by atoms with van der Waals surface area (Å²) >= 11 is 6.63. The molecule has 4 nitrogen and oxygen atoms in total. The van der Waals surface area contributed by atoms with Crippen LogP contribution in [0.15, 0.2) is 27.1 Å². The number of carbonyl (C=O) groups is 2. The smallest absolute Gasteiger partial charge is 0.251 e. The third-order valence-corrected chi connectivity index (χ3v) is 3.39. The third kappa shape index (κ3) is 4.10. The molecule has 0 bridgehead atoms. The molecule has 1 aliphatic carbocycles. The second kappa shape index (κ2) is 5.84. The Kier molecular flexibility index (Phi) is 4.40. The molecule has 0 atom stereocenters. The van der Waals surface area contributed by atoms with Crippen LogP contribution in [0, 0.1) is 0 Å². The zero-order valence-electron chi connectivity index (χ0n) is 9.50. The number of hydrogen-bond acceptors (Lipinski definition) is 2. The molecule has 0 spiro atoms. The maximum atomic E-state index is 11.8. The molecule has 0 saturated heterocycles. The molecule has 1 aromatic carbocycles. The summed E-state index contributed by atoms with van der Waals surface area (Å²) < 4.78 is 1.62. The standard InChI is InChI=1S/C12H12Br2N2O2/c13-8-3-7(4-9(14)5-8)12(18)15-6-11(17)16-10-1-2-10/h3-5,10H,1-2,6H2,(H,15,18)(H,16,17). The molecule has 2 rings (SSSR count). The fraction of sp³-hybridized carbons (Fsp3) is 0.333. The molecule has 1 aliphatic rings. The van der Waals surface area contributed by atoms with Crippen LogP contribution >= 0.6 is 31.9 Å². The summed E-state index contributed by atoms with van der Waals surface area (Å²) in [6.07, 6.45) is 2.08. The lowest BCUT2D eigenvalue weighted by Crippen LogP contribution is -2.37. The van der Waals surface area contributed by atoms with E-state index in [0.717, 1.165) is 21.8 Å². The maximum absolute atomic E-state index is 11.8. The summed E-state index contributed by atoms with van der Waals surface area (Å²) in [7, 11) is 0. The lowest BCUT2D eigenvalue weighted by atomic mass is 10.2. The van der Waals surface area contributed by atoms with Crippen molar-refractivity contribution in [2.24, 2.45) is 0 Å². The minimum atomic E-state index is -0.261. The van der Waals surface area contributed by atoms with Gasteiger partial charge in [-0.15, -0.1) is 0 Å². The highest BCUT2D eigenvalue weighted by atomic mass is 79.9. The predicted octanol–water partition coefficient (Wildman–Crippen LogP) is 2.22. The Morgan fingerprint density at radius 1 is 1.17 bits per heavy atom. The Morgan fingerprint density at radius 2 is 1.78 bits per heavy atom. The largest absolute Gasteiger partial charge is 0.352 e. The van der Waals surface area contributed by atoms with Gasteiger partial charge in [-0.2, -0.15) is 0 Å². The Hall–Kier alpha value is -0.880. The number of benzene rings is 1. The van der Waals surface area contributed by atoms with E-state index in [2.05, 4.69) is 42.5 Å². The van der Waals surface area contributed by atoms with Crippen molar-refractivity contribution in [2.75, 3.05) is 6.54 Å². The fourth-order valence-electron chi connectivity index (χ4n) is 1.45. The summed E-state index contributed by atoms with van der Waals surface area (Å²) in [6, 6.07) is 5.57. The first kappa shape index (κ1) is 13.5. The first-order valence-corrected chi connectivity index (χ1v) is 7.17. The first-order chi connectivity index (χ1) is 8.54. The molecule has 0 aliphatic heterocycles. The van der Waals surface area contributed by atoms with Crippen molar-refractivity contribution in [2.45, 2.75) is 18.9 Å². The number of nitrogens with one attached hydrogen (secondary N) is 2. The number of amides is 2. The van der Waals surface area contributed by atoms with E-state index in [1.54, 1.807) is 12.1 Å². The van der Waals surface area contributed by atoms with Crippen molar-refractivity contribution in [3.05, 3.63) is 32.7 Å². The van der Waals surface area contributed by atoms with E-state index in [1.807, 2.05) is 6.07 Å². The molecule has 2 N–H and O–H groups in total. The fourth-order valence-corrected chi connectivity index (χ4v) is 2.75. The minimum absolute atomic E-state index is 0.0134. The van der Waals surface area contributed by atoms with Crippen molar-refractivity contribution in [1.29, 1.82) is 0 Å². The average Bonchev–Trinajstić information content (AvgIpc) is 3.08. The second-order valence-corrected chi connectivity index (χ2v) is 6.01. The Balaban J connectivity index is 1.88. The van der Waals surface area contributed by atoms with Crippen molar-refractivity contribution < 1.29 is 9.59 Å². The molecule has 0 aromatic heterocycles. The van der Waals surface area contributed by atoms with Gasteiger partial charge in [-0.1, -0.05) is 31.9 Å². The molecule has 1 saturated carbocycles. The van der Waals surface area contributed by atoms with Gasteiger partial charge in [0.2, 0.25) is 5.91 Å².